The lowest BCUT2D eigenvalue weighted by molar-refractivity contribution is -0.132. The van der Waals surface area contributed by atoms with Crippen molar-refractivity contribution in [3.8, 4) is 0 Å². The molecule has 2 saturated heterocycles. The number of hydrogen-bond acceptors (Lipinski definition) is 2. The van der Waals surface area contributed by atoms with Crippen LogP contribution >= 0.6 is 0 Å². The number of nitrogens with zero attached hydrogens (tertiary/aromatic N) is 1. The molecule has 0 radical (unpaired) electrons. The highest BCUT2D eigenvalue weighted by atomic mass is 16.2. The van der Waals surface area contributed by atoms with Gasteiger partial charge in [0.25, 0.3) is 0 Å². The number of nitrogens with one attached hydrogen (secondary N) is 1. The van der Waals surface area contributed by atoms with Gasteiger partial charge in [-0.3, -0.25) is 4.79 Å². The molecule has 1 N–H and O–H groups in total. The zero-order chi connectivity index (χ0) is 9.54. The minimum absolute atomic E-state index is 0.392. The van der Waals surface area contributed by atoms with Crippen molar-refractivity contribution in [2.75, 3.05) is 26.2 Å². The van der Waals surface area contributed by atoms with Crippen LogP contribution in [-0.4, -0.2) is 37.0 Å². The number of carbonyl (C=O) groups is 1. The van der Waals surface area contributed by atoms with Gasteiger partial charge in [-0.2, -0.15) is 0 Å². The van der Waals surface area contributed by atoms with Crippen molar-refractivity contribution in [1.29, 1.82) is 0 Å². The van der Waals surface area contributed by atoms with Crippen LogP contribution in [0.3, 0.4) is 0 Å². The molecular formula is C11H18N2O. The number of fused-ring (bicyclic) bond motifs is 1. The summed E-state index contributed by atoms with van der Waals surface area (Å²) in [5, 5.41) is 3.38. The molecule has 3 heteroatoms. The maximum atomic E-state index is 12.1. The summed E-state index contributed by atoms with van der Waals surface area (Å²) >= 11 is 0. The molecule has 1 aliphatic carbocycles. The van der Waals surface area contributed by atoms with Gasteiger partial charge in [-0.25, -0.2) is 0 Å². The molecule has 2 heterocycles. The highest BCUT2D eigenvalue weighted by Crippen LogP contribution is 2.50. The van der Waals surface area contributed by atoms with Crippen molar-refractivity contribution in [2.24, 2.45) is 17.8 Å². The average molecular weight is 194 g/mol. The molecule has 78 valence electrons. The molecule has 0 aromatic carbocycles. The Morgan fingerprint density at radius 3 is 2.64 bits per heavy atom. The quantitative estimate of drug-likeness (QED) is 0.658. The molecule has 1 saturated carbocycles. The van der Waals surface area contributed by atoms with Gasteiger partial charge in [0.05, 0.1) is 0 Å². The van der Waals surface area contributed by atoms with E-state index < -0.39 is 0 Å². The van der Waals surface area contributed by atoms with E-state index in [-0.39, 0.29) is 0 Å². The first kappa shape index (κ1) is 8.72. The first-order valence-electron chi connectivity index (χ1n) is 5.87. The third-order valence-electron chi connectivity index (χ3n) is 4.07. The Morgan fingerprint density at radius 1 is 1.21 bits per heavy atom. The van der Waals surface area contributed by atoms with Gasteiger partial charge in [-0.05, 0) is 44.2 Å². The van der Waals surface area contributed by atoms with Crippen LogP contribution in [0.5, 0.6) is 0 Å². The van der Waals surface area contributed by atoms with E-state index in [1.807, 2.05) is 0 Å². The predicted octanol–water partition coefficient (Wildman–Crippen LogP) is 0.464. The van der Waals surface area contributed by atoms with Crippen LogP contribution in [0.2, 0.25) is 0 Å². The van der Waals surface area contributed by atoms with Crippen molar-refractivity contribution in [3.63, 3.8) is 0 Å². The van der Waals surface area contributed by atoms with E-state index in [0.717, 1.165) is 32.1 Å². The van der Waals surface area contributed by atoms with Crippen molar-refractivity contribution in [1.82, 2.24) is 10.2 Å². The van der Waals surface area contributed by atoms with E-state index in [0.29, 0.717) is 17.7 Å². The normalized spacial score (nSPS) is 40.9. The average Bonchev–Trinajstić information content (AvgIpc) is 2.70. The van der Waals surface area contributed by atoms with E-state index in [9.17, 15) is 4.79 Å². The molecule has 3 nitrogen and oxygen atoms in total. The summed E-state index contributed by atoms with van der Waals surface area (Å²) in [7, 11) is 0. The van der Waals surface area contributed by atoms with Crippen molar-refractivity contribution >= 4 is 5.91 Å². The van der Waals surface area contributed by atoms with E-state index in [2.05, 4.69) is 10.2 Å². The Balaban J connectivity index is 1.63. The highest BCUT2D eigenvalue weighted by Gasteiger charge is 2.56. The van der Waals surface area contributed by atoms with Gasteiger partial charge in [0, 0.05) is 19.0 Å². The van der Waals surface area contributed by atoms with E-state index in [1.165, 1.54) is 19.3 Å². The second kappa shape index (κ2) is 3.23. The molecule has 14 heavy (non-hydrogen) atoms. The Bertz CT molecular complexity index is 236. The largest absolute Gasteiger partial charge is 0.342 e. The molecule has 0 aromatic rings. The number of amides is 1. The number of likely N-dealkylation sites (tertiary alicyclic amines) is 1. The van der Waals surface area contributed by atoms with Gasteiger partial charge in [-0.15, -0.1) is 0 Å². The molecule has 3 rings (SSSR count). The lowest BCUT2D eigenvalue weighted by Crippen LogP contribution is -2.30. The number of piperidine rings is 1. The minimum Gasteiger partial charge on any atom is -0.342 e. The summed E-state index contributed by atoms with van der Waals surface area (Å²) in [6.07, 6.45) is 3.65. The van der Waals surface area contributed by atoms with Crippen molar-refractivity contribution in [3.05, 3.63) is 0 Å². The number of hydrogen-bond donors (Lipinski definition) is 1. The minimum atomic E-state index is 0.392. The fraction of sp³-hybridized carbons (Fsp3) is 0.909. The maximum absolute atomic E-state index is 12.1. The van der Waals surface area contributed by atoms with Crippen molar-refractivity contribution < 1.29 is 4.79 Å². The molecule has 3 fully saturated rings. The first-order chi connectivity index (χ1) is 6.88. The fourth-order valence-electron chi connectivity index (χ4n) is 3.17. The summed E-state index contributed by atoms with van der Waals surface area (Å²) in [6, 6.07) is 0. The van der Waals surface area contributed by atoms with Crippen LogP contribution in [0.1, 0.15) is 19.3 Å². The SMILES string of the molecule is O=C(C1[C@H]2CNCC[C@@H]12)N1CCCC1. The summed E-state index contributed by atoms with van der Waals surface area (Å²) in [6.45, 7) is 4.23. The topological polar surface area (TPSA) is 32.3 Å². The Morgan fingerprint density at radius 2 is 2.00 bits per heavy atom. The second-order valence-electron chi connectivity index (χ2n) is 4.88. The van der Waals surface area contributed by atoms with Crippen molar-refractivity contribution in [2.45, 2.75) is 19.3 Å². The predicted molar refractivity (Wildman–Crippen MR) is 53.8 cm³/mol. The van der Waals surface area contributed by atoms with Crippen LogP contribution in [0.25, 0.3) is 0 Å². The molecule has 0 bridgehead atoms. The highest BCUT2D eigenvalue weighted by molar-refractivity contribution is 5.82. The van der Waals surface area contributed by atoms with Gasteiger partial charge >= 0.3 is 0 Å². The van der Waals surface area contributed by atoms with Crippen LogP contribution < -0.4 is 5.32 Å². The summed E-state index contributed by atoms with van der Waals surface area (Å²) < 4.78 is 0. The molecule has 0 aromatic heterocycles. The van der Waals surface area contributed by atoms with Gasteiger partial charge in [0.2, 0.25) is 5.91 Å². The van der Waals surface area contributed by atoms with E-state index >= 15 is 0 Å². The van der Waals surface area contributed by atoms with Gasteiger partial charge in [-0.1, -0.05) is 0 Å². The van der Waals surface area contributed by atoms with Gasteiger partial charge in [0.1, 0.15) is 0 Å². The zero-order valence-corrected chi connectivity index (χ0v) is 8.54. The second-order valence-corrected chi connectivity index (χ2v) is 4.88. The molecule has 3 atom stereocenters. The van der Waals surface area contributed by atoms with Crippen LogP contribution in [0.15, 0.2) is 0 Å². The lowest BCUT2D eigenvalue weighted by atomic mass is 10.2. The van der Waals surface area contributed by atoms with Gasteiger partial charge in [0.15, 0.2) is 0 Å². The molecular weight excluding hydrogens is 176 g/mol. The van der Waals surface area contributed by atoms with Crippen LogP contribution in [0.4, 0.5) is 0 Å². The smallest absolute Gasteiger partial charge is 0.226 e. The lowest BCUT2D eigenvalue weighted by Gasteiger charge is -2.14. The summed E-state index contributed by atoms with van der Waals surface area (Å²) in [4.78, 5) is 14.2. The van der Waals surface area contributed by atoms with Gasteiger partial charge < -0.3 is 10.2 Å². The number of carbonyl (C=O) groups excluding carboxylic acids is 1. The number of rotatable bonds is 1. The molecule has 1 unspecified atom stereocenters. The van der Waals surface area contributed by atoms with Crippen LogP contribution in [-0.2, 0) is 4.79 Å². The molecule has 0 spiro atoms. The summed E-state index contributed by atoms with van der Waals surface area (Å²) in [5.41, 5.74) is 0. The Kier molecular flexibility index (Phi) is 2.01. The Hall–Kier alpha value is -0.570. The molecule has 3 aliphatic rings. The third-order valence-corrected chi connectivity index (χ3v) is 4.07. The monoisotopic (exact) mass is 194 g/mol. The fourth-order valence-corrected chi connectivity index (χ4v) is 3.17. The Labute approximate surface area is 84.8 Å². The third kappa shape index (κ3) is 1.26. The molecule has 2 aliphatic heterocycles. The summed E-state index contributed by atoms with van der Waals surface area (Å²) in [5.74, 6) is 2.26. The first-order valence-corrected chi connectivity index (χ1v) is 5.87. The molecule has 1 amide bonds. The van der Waals surface area contributed by atoms with Crippen LogP contribution in [0, 0.1) is 17.8 Å². The maximum Gasteiger partial charge on any atom is 0.226 e. The van der Waals surface area contributed by atoms with E-state index in [4.69, 9.17) is 0 Å². The zero-order valence-electron chi connectivity index (χ0n) is 8.54. The standard InChI is InChI=1S/C11H18N2O/c14-11(13-5-1-2-6-13)10-8-3-4-12-7-9(8)10/h8-10,12H,1-7H2/t8-,9+,10?/m1/s1. The van der Waals surface area contributed by atoms with E-state index in [1.54, 1.807) is 0 Å².